The smallest absolute Gasteiger partial charge is 0.199 e. The predicted molar refractivity (Wildman–Crippen MR) is 119 cm³/mol. The molecule has 0 aliphatic carbocycles. The van der Waals surface area contributed by atoms with Gasteiger partial charge in [-0.1, -0.05) is 94.0 Å². The number of unbranched alkanes of at least 4 members (excludes halogenated alkanes) is 6. The maximum Gasteiger partial charge on any atom is 0.199 e. The van der Waals surface area contributed by atoms with Gasteiger partial charge in [-0.05, 0) is 41.0 Å². The summed E-state index contributed by atoms with van der Waals surface area (Å²) in [5.41, 5.74) is -0.514. The Kier molecular flexibility index (Phi) is 7.16. The molecule has 1 unspecified atom stereocenters. The lowest BCUT2D eigenvalue weighted by atomic mass is 9.97. The van der Waals surface area contributed by atoms with Gasteiger partial charge in [-0.25, -0.2) is 0 Å². The first kappa shape index (κ1) is 20.5. The van der Waals surface area contributed by atoms with E-state index in [1.807, 2.05) is 12.1 Å². The second-order valence-corrected chi connectivity index (χ2v) is 7.83. The summed E-state index contributed by atoms with van der Waals surface area (Å²) < 4.78 is 0. The second kappa shape index (κ2) is 9.79. The van der Waals surface area contributed by atoms with E-state index in [2.05, 4.69) is 59.6 Å². The van der Waals surface area contributed by atoms with Crippen LogP contribution in [0.4, 0.5) is 0 Å². The molecule has 0 aliphatic heterocycles. The topological polar surface area (TPSA) is 45.0 Å². The minimum Gasteiger partial charge on any atom is -0.364 e. The van der Waals surface area contributed by atoms with Gasteiger partial charge in [-0.2, -0.15) is 10.2 Å². The standard InChI is InChI=1S/C25H32N2O/c1-3-4-5-6-7-8-11-18-26-27-25(2,28)22-16-17-24-21(19-22)15-14-20-12-9-10-13-23(20)24/h9-10,12-17,19,28H,3-8,11,18H2,1-2H3. The Labute approximate surface area is 168 Å². The number of azo groups is 1. The average Bonchev–Trinajstić information content (AvgIpc) is 2.72. The normalized spacial score (nSPS) is 14.1. The Hall–Kier alpha value is -2.26. The van der Waals surface area contributed by atoms with Gasteiger partial charge in [0.05, 0.1) is 6.54 Å². The van der Waals surface area contributed by atoms with E-state index in [0.29, 0.717) is 6.54 Å². The molecule has 0 saturated heterocycles. The fourth-order valence-electron chi connectivity index (χ4n) is 3.69. The maximum atomic E-state index is 10.8. The molecular weight excluding hydrogens is 344 g/mol. The van der Waals surface area contributed by atoms with Crippen molar-refractivity contribution in [3.05, 3.63) is 60.2 Å². The van der Waals surface area contributed by atoms with E-state index < -0.39 is 5.72 Å². The first-order valence-corrected chi connectivity index (χ1v) is 10.6. The van der Waals surface area contributed by atoms with Gasteiger partial charge in [0.1, 0.15) is 0 Å². The lowest BCUT2D eigenvalue weighted by Gasteiger charge is -2.18. The minimum atomic E-state index is -1.29. The first-order valence-electron chi connectivity index (χ1n) is 10.6. The molecule has 1 N–H and O–H groups in total. The molecule has 0 amide bonds. The van der Waals surface area contributed by atoms with Crippen LogP contribution in [0, 0.1) is 0 Å². The molecule has 3 aromatic rings. The van der Waals surface area contributed by atoms with Crippen LogP contribution < -0.4 is 0 Å². The zero-order valence-corrected chi connectivity index (χ0v) is 17.2. The van der Waals surface area contributed by atoms with E-state index in [1.54, 1.807) is 6.92 Å². The summed E-state index contributed by atoms with van der Waals surface area (Å²) >= 11 is 0. The first-order chi connectivity index (χ1) is 13.6. The molecule has 0 spiro atoms. The molecule has 3 nitrogen and oxygen atoms in total. The number of fused-ring (bicyclic) bond motifs is 3. The lowest BCUT2D eigenvalue weighted by Crippen LogP contribution is -2.17. The van der Waals surface area contributed by atoms with Crippen LogP contribution in [0.5, 0.6) is 0 Å². The van der Waals surface area contributed by atoms with E-state index in [9.17, 15) is 5.11 Å². The van der Waals surface area contributed by atoms with Crippen LogP contribution in [-0.2, 0) is 5.72 Å². The third kappa shape index (κ3) is 5.17. The largest absolute Gasteiger partial charge is 0.364 e. The van der Waals surface area contributed by atoms with Crippen molar-refractivity contribution in [1.82, 2.24) is 0 Å². The molecule has 0 radical (unpaired) electrons. The van der Waals surface area contributed by atoms with Crippen molar-refractivity contribution in [3.8, 4) is 0 Å². The van der Waals surface area contributed by atoms with Crippen LogP contribution in [0.3, 0.4) is 0 Å². The van der Waals surface area contributed by atoms with Gasteiger partial charge in [0.15, 0.2) is 5.72 Å². The molecule has 0 fully saturated rings. The molecular formula is C25H32N2O. The van der Waals surface area contributed by atoms with Gasteiger partial charge in [-0.15, -0.1) is 0 Å². The Morgan fingerprint density at radius 1 is 0.786 bits per heavy atom. The zero-order valence-electron chi connectivity index (χ0n) is 17.2. The minimum absolute atomic E-state index is 0.683. The Balaban J connectivity index is 1.61. The molecule has 0 bridgehead atoms. The van der Waals surface area contributed by atoms with Crippen LogP contribution in [0.25, 0.3) is 21.5 Å². The Bertz CT molecular complexity index is 930. The number of hydrogen-bond donors (Lipinski definition) is 1. The summed E-state index contributed by atoms with van der Waals surface area (Å²) in [6, 6.07) is 18.7. The van der Waals surface area contributed by atoms with Crippen LogP contribution in [0.2, 0.25) is 0 Å². The third-order valence-electron chi connectivity index (χ3n) is 5.42. The molecule has 3 rings (SSSR count). The monoisotopic (exact) mass is 376 g/mol. The van der Waals surface area contributed by atoms with E-state index >= 15 is 0 Å². The molecule has 0 aliphatic rings. The number of nitrogens with zero attached hydrogens (tertiary/aromatic N) is 2. The highest BCUT2D eigenvalue weighted by Crippen LogP contribution is 2.30. The van der Waals surface area contributed by atoms with Gasteiger partial charge < -0.3 is 5.11 Å². The van der Waals surface area contributed by atoms with Gasteiger partial charge >= 0.3 is 0 Å². The molecule has 28 heavy (non-hydrogen) atoms. The number of benzene rings is 3. The Morgan fingerprint density at radius 3 is 2.29 bits per heavy atom. The molecule has 0 saturated carbocycles. The third-order valence-corrected chi connectivity index (χ3v) is 5.42. The van der Waals surface area contributed by atoms with Crippen molar-refractivity contribution in [2.75, 3.05) is 6.54 Å². The van der Waals surface area contributed by atoms with Gasteiger partial charge in [0, 0.05) is 5.56 Å². The molecule has 148 valence electrons. The SMILES string of the molecule is CCCCCCCCCN=NC(C)(O)c1ccc2c(ccc3ccccc32)c1. The highest BCUT2D eigenvalue weighted by atomic mass is 16.3. The number of aliphatic hydroxyl groups is 1. The van der Waals surface area contributed by atoms with E-state index in [4.69, 9.17) is 0 Å². The van der Waals surface area contributed by atoms with Crippen LogP contribution in [0.15, 0.2) is 64.8 Å². The molecule has 0 aromatic heterocycles. The van der Waals surface area contributed by atoms with Crippen LogP contribution in [-0.4, -0.2) is 11.7 Å². The maximum absolute atomic E-state index is 10.8. The van der Waals surface area contributed by atoms with Gasteiger partial charge in [0.2, 0.25) is 0 Å². The van der Waals surface area contributed by atoms with E-state index in [1.165, 1.54) is 54.7 Å². The van der Waals surface area contributed by atoms with Gasteiger partial charge in [-0.3, -0.25) is 0 Å². The van der Waals surface area contributed by atoms with E-state index in [0.717, 1.165) is 17.4 Å². The van der Waals surface area contributed by atoms with Crippen molar-refractivity contribution < 1.29 is 5.11 Å². The average molecular weight is 377 g/mol. The van der Waals surface area contributed by atoms with Crippen LogP contribution >= 0.6 is 0 Å². The fraction of sp³-hybridized carbons (Fsp3) is 0.440. The highest BCUT2D eigenvalue weighted by molar-refractivity contribution is 6.07. The highest BCUT2D eigenvalue weighted by Gasteiger charge is 2.22. The molecule has 3 aromatic carbocycles. The van der Waals surface area contributed by atoms with Crippen molar-refractivity contribution in [2.45, 2.75) is 64.5 Å². The second-order valence-electron chi connectivity index (χ2n) is 7.83. The quantitative estimate of drug-likeness (QED) is 0.224. The fourth-order valence-corrected chi connectivity index (χ4v) is 3.69. The number of hydrogen-bond acceptors (Lipinski definition) is 3. The zero-order chi connectivity index (χ0) is 19.8. The summed E-state index contributed by atoms with van der Waals surface area (Å²) in [5, 5.41) is 24.0. The molecule has 3 heteroatoms. The van der Waals surface area contributed by atoms with Gasteiger partial charge in [0.25, 0.3) is 0 Å². The summed E-state index contributed by atoms with van der Waals surface area (Å²) in [6.07, 6.45) is 8.77. The molecule has 1 atom stereocenters. The predicted octanol–water partition coefficient (Wildman–Crippen LogP) is 7.36. The summed E-state index contributed by atoms with van der Waals surface area (Å²) in [7, 11) is 0. The lowest BCUT2D eigenvalue weighted by molar-refractivity contribution is 0.0584. The van der Waals surface area contributed by atoms with Crippen LogP contribution in [0.1, 0.15) is 64.4 Å². The summed E-state index contributed by atoms with van der Waals surface area (Å²) in [6.45, 7) is 4.63. The van der Waals surface area contributed by atoms with E-state index in [-0.39, 0.29) is 0 Å². The Morgan fingerprint density at radius 2 is 1.46 bits per heavy atom. The molecule has 0 heterocycles. The van der Waals surface area contributed by atoms with Crippen molar-refractivity contribution in [1.29, 1.82) is 0 Å². The van der Waals surface area contributed by atoms with Crippen molar-refractivity contribution in [2.24, 2.45) is 10.2 Å². The van der Waals surface area contributed by atoms with Crippen molar-refractivity contribution in [3.63, 3.8) is 0 Å². The number of rotatable bonds is 10. The summed E-state index contributed by atoms with van der Waals surface area (Å²) in [4.78, 5) is 0. The van der Waals surface area contributed by atoms with Crippen molar-refractivity contribution >= 4 is 21.5 Å². The summed E-state index contributed by atoms with van der Waals surface area (Å²) in [5.74, 6) is 0.